The SMILES string of the molecule is C=CC=C[C@H](C)[C@@H]1C[C@H](C)/C=C/[C@H](C)[C@@H](C)[C@@H](O)C[C@@H](O)CC[C@@H](C)[C@H](O)[C@@H](O)OC(=O)/C=C/C=C/[C@H]1C. The first-order chi connectivity index (χ1) is 17.9. The second-order valence-corrected chi connectivity index (χ2v) is 11.4. The molecule has 0 aromatic rings. The van der Waals surface area contributed by atoms with Crippen molar-refractivity contribution in [2.24, 2.45) is 41.4 Å². The number of cyclic esters (lactones) is 1. The van der Waals surface area contributed by atoms with Crippen molar-refractivity contribution in [1.29, 1.82) is 0 Å². The van der Waals surface area contributed by atoms with E-state index in [1.165, 1.54) is 6.08 Å². The number of esters is 1. The molecule has 0 spiro atoms. The van der Waals surface area contributed by atoms with E-state index in [4.69, 9.17) is 4.74 Å². The number of allylic oxidation sites excluding steroid dienone is 8. The van der Waals surface area contributed by atoms with Crippen molar-refractivity contribution in [2.75, 3.05) is 0 Å². The molecule has 1 aliphatic heterocycles. The largest absolute Gasteiger partial charge is 0.430 e. The Morgan fingerprint density at radius 1 is 0.947 bits per heavy atom. The van der Waals surface area contributed by atoms with Crippen molar-refractivity contribution in [3.8, 4) is 0 Å². The fourth-order valence-corrected chi connectivity index (χ4v) is 4.97. The summed E-state index contributed by atoms with van der Waals surface area (Å²) in [6.45, 7) is 16.2. The number of carbonyl (C=O) groups is 1. The van der Waals surface area contributed by atoms with Crippen LogP contribution >= 0.6 is 0 Å². The van der Waals surface area contributed by atoms with Gasteiger partial charge in [0, 0.05) is 6.08 Å². The fourth-order valence-electron chi connectivity index (χ4n) is 4.97. The minimum absolute atomic E-state index is 0.0332. The van der Waals surface area contributed by atoms with Gasteiger partial charge < -0.3 is 25.2 Å². The summed E-state index contributed by atoms with van der Waals surface area (Å²) < 4.78 is 4.98. The lowest BCUT2D eigenvalue weighted by atomic mass is 9.77. The zero-order valence-corrected chi connectivity index (χ0v) is 24.2. The molecule has 216 valence electrons. The highest BCUT2D eigenvalue weighted by atomic mass is 16.6. The molecule has 38 heavy (non-hydrogen) atoms. The molecular formula is C32H52O6. The third-order valence-corrected chi connectivity index (χ3v) is 8.06. The van der Waals surface area contributed by atoms with Gasteiger partial charge in [0.05, 0.1) is 12.2 Å². The average Bonchev–Trinajstić information content (AvgIpc) is 2.88. The average molecular weight is 533 g/mol. The summed E-state index contributed by atoms with van der Waals surface area (Å²) in [5, 5.41) is 41.8. The first-order valence-electron chi connectivity index (χ1n) is 14.1. The molecule has 0 unspecified atom stereocenters. The smallest absolute Gasteiger partial charge is 0.333 e. The molecule has 0 fully saturated rings. The fraction of sp³-hybridized carbons (Fsp3) is 0.656. The molecule has 0 saturated carbocycles. The van der Waals surface area contributed by atoms with Gasteiger partial charge in [-0.15, -0.1) is 0 Å². The van der Waals surface area contributed by atoms with Crippen LogP contribution in [0.3, 0.4) is 0 Å². The van der Waals surface area contributed by atoms with E-state index in [1.807, 2.05) is 19.1 Å². The van der Waals surface area contributed by atoms with Crippen LogP contribution in [0.25, 0.3) is 0 Å². The van der Waals surface area contributed by atoms with E-state index >= 15 is 0 Å². The normalized spacial score (nSPS) is 40.7. The van der Waals surface area contributed by atoms with Crippen LogP contribution in [-0.2, 0) is 9.53 Å². The molecule has 1 rings (SSSR count). The molecule has 0 amide bonds. The van der Waals surface area contributed by atoms with Crippen LogP contribution in [0.1, 0.15) is 67.2 Å². The lowest BCUT2D eigenvalue weighted by molar-refractivity contribution is -0.187. The van der Waals surface area contributed by atoms with Crippen LogP contribution in [0.5, 0.6) is 0 Å². The Morgan fingerprint density at radius 3 is 2.29 bits per heavy atom. The summed E-state index contributed by atoms with van der Waals surface area (Å²) in [5.74, 6) is 0.145. The summed E-state index contributed by atoms with van der Waals surface area (Å²) in [6, 6.07) is 0. The molecule has 4 N–H and O–H groups in total. The van der Waals surface area contributed by atoms with Crippen molar-refractivity contribution in [1.82, 2.24) is 0 Å². The Balaban J connectivity index is 3.19. The van der Waals surface area contributed by atoms with E-state index in [-0.39, 0.29) is 24.2 Å². The van der Waals surface area contributed by atoms with Crippen molar-refractivity contribution >= 4 is 5.97 Å². The highest BCUT2D eigenvalue weighted by Crippen LogP contribution is 2.31. The van der Waals surface area contributed by atoms with Crippen molar-refractivity contribution in [3.05, 3.63) is 61.3 Å². The lowest BCUT2D eigenvalue weighted by Crippen LogP contribution is -2.36. The maximum Gasteiger partial charge on any atom is 0.333 e. The molecule has 11 atom stereocenters. The van der Waals surface area contributed by atoms with E-state index in [2.05, 4.69) is 58.6 Å². The Morgan fingerprint density at radius 2 is 1.63 bits per heavy atom. The molecule has 1 aliphatic rings. The van der Waals surface area contributed by atoms with Crippen LogP contribution < -0.4 is 0 Å². The predicted molar refractivity (Wildman–Crippen MR) is 154 cm³/mol. The summed E-state index contributed by atoms with van der Waals surface area (Å²) in [7, 11) is 0. The van der Waals surface area contributed by atoms with E-state index in [1.54, 1.807) is 19.1 Å². The van der Waals surface area contributed by atoms with E-state index in [9.17, 15) is 25.2 Å². The van der Waals surface area contributed by atoms with Gasteiger partial charge in [-0.05, 0) is 67.1 Å². The molecule has 0 aliphatic carbocycles. The van der Waals surface area contributed by atoms with E-state index in [0.29, 0.717) is 30.6 Å². The van der Waals surface area contributed by atoms with Gasteiger partial charge in [0.1, 0.15) is 6.10 Å². The van der Waals surface area contributed by atoms with Gasteiger partial charge in [-0.3, -0.25) is 0 Å². The standard InChI is InChI=1S/C32H52O6/c1-8-9-12-23(4)28-19-21(2)15-16-22(3)26(7)29(34)20-27(33)18-17-25(6)31(36)32(37)38-30(35)14-11-10-13-24(28)5/h8-16,21-29,31-34,36-37H,1,17-20H2,2-7H3/b12-9?,13-10+,14-11+,16-15+/t21-,22+,23+,24-,25-,26-,27+,28+,29+,31+,32+/m1/s1. The Labute approximate surface area is 230 Å². The Kier molecular flexibility index (Phi) is 15.7. The Bertz CT molecular complexity index is 815. The third-order valence-electron chi connectivity index (χ3n) is 8.06. The highest BCUT2D eigenvalue weighted by molar-refractivity contribution is 5.82. The highest BCUT2D eigenvalue weighted by Gasteiger charge is 2.28. The summed E-state index contributed by atoms with van der Waals surface area (Å²) in [4.78, 5) is 12.1. The number of aliphatic hydroxyl groups excluding tert-OH is 4. The molecule has 0 saturated heterocycles. The first kappa shape index (κ1) is 34.0. The molecule has 0 radical (unpaired) electrons. The second-order valence-electron chi connectivity index (χ2n) is 11.4. The molecule has 0 bridgehead atoms. The zero-order valence-electron chi connectivity index (χ0n) is 24.2. The number of rotatable bonds is 3. The van der Waals surface area contributed by atoms with Crippen molar-refractivity contribution in [2.45, 2.75) is 91.8 Å². The van der Waals surface area contributed by atoms with E-state index < -0.39 is 36.5 Å². The van der Waals surface area contributed by atoms with Gasteiger partial charge >= 0.3 is 5.97 Å². The van der Waals surface area contributed by atoms with Gasteiger partial charge in [0.15, 0.2) is 0 Å². The summed E-state index contributed by atoms with van der Waals surface area (Å²) >= 11 is 0. The van der Waals surface area contributed by atoms with Crippen LogP contribution in [0, 0.1) is 41.4 Å². The van der Waals surface area contributed by atoms with Gasteiger partial charge in [-0.1, -0.05) is 96.7 Å². The van der Waals surface area contributed by atoms with Gasteiger partial charge in [-0.2, -0.15) is 0 Å². The van der Waals surface area contributed by atoms with Gasteiger partial charge in [0.2, 0.25) is 6.29 Å². The minimum Gasteiger partial charge on any atom is -0.430 e. The maximum absolute atomic E-state index is 12.1. The number of hydrogen-bond donors (Lipinski definition) is 4. The predicted octanol–water partition coefficient (Wildman–Crippen LogP) is 5.35. The molecule has 0 aromatic carbocycles. The van der Waals surface area contributed by atoms with E-state index in [0.717, 1.165) is 6.42 Å². The Hall–Kier alpha value is -1.99. The van der Waals surface area contributed by atoms with Crippen molar-refractivity contribution in [3.63, 3.8) is 0 Å². The quantitative estimate of drug-likeness (QED) is 0.222. The number of aliphatic hydroxyl groups is 4. The summed E-state index contributed by atoms with van der Waals surface area (Å²) in [6.07, 6.45) is 14.6. The molecule has 6 nitrogen and oxygen atoms in total. The number of hydrogen-bond acceptors (Lipinski definition) is 6. The number of ether oxygens (including phenoxy) is 1. The maximum atomic E-state index is 12.1. The van der Waals surface area contributed by atoms with Gasteiger partial charge in [0.25, 0.3) is 0 Å². The molecular weight excluding hydrogens is 480 g/mol. The minimum atomic E-state index is -1.67. The second kappa shape index (κ2) is 17.6. The van der Waals surface area contributed by atoms with Crippen LogP contribution in [0.2, 0.25) is 0 Å². The number of carbonyl (C=O) groups excluding carboxylic acids is 1. The van der Waals surface area contributed by atoms with Gasteiger partial charge in [-0.25, -0.2) is 4.79 Å². The molecule has 0 aromatic heterocycles. The van der Waals surface area contributed by atoms with Crippen LogP contribution in [0.15, 0.2) is 61.3 Å². The van der Waals surface area contributed by atoms with Crippen molar-refractivity contribution < 1.29 is 30.0 Å². The summed E-state index contributed by atoms with van der Waals surface area (Å²) in [5.41, 5.74) is 0. The molecule has 6 heteroatoms. The molecule has 1 heterocycles. The lowest BCUT2D eigenvalue weighted by Gasteiger charge is -2.29. The monoisotopic (exact) mass is 532 g/mol. The topological polar surface area (TPSA) is 107 Å². The van der Waals surface area contributed by atoms with Crippen LogP contribution in [0.4, 0.5) is 0 Å². The first-order valence-corrected chi connectivity index (χ1v) is 14.1. The third kappa shape index (κ3) is 12.2. The van der Waals surface area contributed by atoms with Crippen LogP contribution in [-0.4, -0.2) is 51.0 Å². The zero-order chi connectivity index (χ0) is 28.8.